The molecular formula is C17H16ClN3O3S. The molecule has 0 aliphatic rings. The van der Waals surface area contributed by atoms with Gasteiger partial charge in [0.1, 0.15) is 0 Å². The van der Waals surface area contributed by atoms with E-state index in [1.54, 1.807) is 30.3 Å². The lowest BCUT2D eigenvalue weighted by Crippen LogP contribution is -2.32. The van der Waals surface area contributed by atoms with Gasteiger partial charge in [0.25, 0.3) is 0 Å². The van der Waals surface area contributed by atoms with Crippen LogP contribution in [0.25, 0.3) is 0 Å². The van der Waals surface area contributed by atoms with Gasteiger partial charge in [0.2, 0.25) is 5.91 Å². The second-order valence-electron chi connectivity index (χ2n) is 4.99. The van der Waals surface area contributed by atoms with Gasteiger partial charge in [-0.15, -0.1) is 0 Å². The Bertz CT molecular complexity index is 823. The van der Waals surface area contributed by atoms with Crippen LogP contribution < -0.4 is 15.4 Å². The topological polar surface area (TPSA) is 83.0 Å². The maximum atomic E-state index is 10.9. The summed E-state index contributed by atoms with van der Waals surface area (Å²) >= 11 is 11.0. The number of thiocarbonyl (C=S) groups is 1. The van der Waals surface area contributed by atoms with Crippen molar-refractivity contribution in [2.24, 2.45) is 4.99 Å². The van der Waals surface area contributed by atoms with E-state index in [9.17, 15) is 9.90 Å². The molecule has 0 saturated carbocycles. The Morgan fingerprint density at radius 2 is 2.00 bits per heavy atom. The number of nitrogens with one attached hydrogen (secondary N) is 2. The first-order chi connectivity index (χ1) is 11.9. The fourth-order valence-corrected chi connectivity index (χ4v) is 2.42. The Morgan fingerprint density at radius 3 is 2.60 bits per heavy atom. The SMILES string of the molecule is COc1cc(Cl)cc(C=Nc2ccc(NC(=S)NC(C)=O)cc2)c1O. The minimum atomic E-state index is -0.240. The first kappa shape index (κ1) is 18.7. The predicted octanol–water partition coefficient (Wildman–Crippen LogP) is 3.64. The lowest BCUT2D eigenvalue weighted by atomic mass is 10.2. The molecule has 0 spiro atoms. The highest BCUT2D eigenvalue weighted by Gasteiger charge is 2.08. The molecule has 130 valence electrons. The number of nitrogens with zero attached hydrogens (tertiary/aromatic N) is 1. The van der Waals surface area contributed by atoms with Gasteiger partial charge in [0.15, 0.2) is 16.6 Å². The zero-order valence-corrected chi connectivity index (χ0v) is 15.1. The quantitative estimate of drug-likeness (QED) is 0.559. The van der Waals surface area contributed by atoms with Crippen molar-refractivity contribution in [3.8, 4) is 11.5 Å². The third-order valence-corrected chi connectivity index (χ3v) is 3.48. The van der Waals surface area contributed by atoms with Crippen LogP contribution in [-0.2, 0) is 4.79 Å². The van der Waals surface area contributed by atoms with Gasteiger partial charge < -0.3 is 20.5 Å². The number of hydrogen-bond donors (Lipinski definition) is 3. The summed E-state index contributed by atoms with van der Waals surface area (Å²) in [6.07, 6.45) is 1.49. The number of anilines is 1. The number of benzene rings is 2. The number of carbonyl (C=O) groups is 1. The fourth-order valence-electron chi connectivity index (χ4n) is 1.95. The van der Waals surface area contributed by atoms with E-state index in [1.807, 2.05) is 0 Å². The van der Waals surface area contributed by atoms with Gasteiger partial charge in [-0.2, -0.15) is 0 Å². The fraction of sp³-hybridized carbons (Fsp3) is 0.118. The molecule has 0 saturated heterocycles. The number of amides is 1. The average molecular weight is 378 g/mol. The molecule has 0 heterocycles. The molecule has 25 heavy (non-hydrogen) atoms. The summed E-state index contributed by atoms with van der Waals surface area (Å²) in [5.41, 5.74) is 1.82. The first-order valence-corrected chi connectivity index (χ1v) is 7.97. The highest BCUT2D eigenvalue weighted by Crippen LogP contribution is 2.32. The number of methoxy groups -OCH3 is 1. The highest BCUT2D eigenvalue weighted by atomic mass is 35.5. The van der Waals surface area contributed by atoms with Crippen molar-refractivity contribution >= 4 is 52.4 Å². The van der Waals surface area contributed by atoms with E-state index in [-0.39, 0.29) is 22.5 Å². The molecule has 6 nitrogen and oxygen atoms in total. The molecule has 0 aromatic heterocycles. The number of phenolic OH excluding ortho intramolecular Hbond substituents is 1. The Morgan fingerprint density at radius 1 is 1.32 bits per heavy atom. The summed E-state index contributed by atoms with van der Waals surface area (Å²) in [6, 6.07) is 10.2. The minimum absolute atomic E-state index is 0.0328. The number of aromatic hydroxyl groups is 1. The van der Waals surface area contributed by atoms with Gasteiger partial charge >= 0.3 is 0 Å². The van der Waals surface area contributed by atoms with Crippen molar-refractivity contribution < 1.29 is 14.6 Å². The largest absolute Gasteiger partial charge is 0.504 e. The van der Waals surface area contributed by atoms with Crippen LogP contribution in [0.1, 0.15) is 12.5 Å². The number of hydrogen-bond acceptors (Lipinski definition) is 5. The van der Waals surface area contributed by atoms with Crippen molar-refractivity contribution in [1.29, 1.82) is 0 Å². The zero-order chi connectivity index (χ0) is 18.4. The van der Waals surface area contributed by atoms with E-state index in [0.29, 0.717) is 22.0 Å². The Balaban J connectivity index is 2.11. The normalized spacial score (nSPS) is 10.5. The molecule has 2 aromatic carbocycles. The maximum absolute atomic E-state index is 10.9. The monoisotopic (exact) mass is 377 g/mol. The van der Waals surface area contributed by atoms with E-state index >= 15 is 0 Å². The summed E-state index contributed by atoms with van der Waals surface area (Å²) in [6.45, 7) is 1.38. The van der Waals surface area contributed by atoms with Crippen molar-refractivity contribution in [1.82, 2.24) is 5.32 Å². The highest BCUT2D eigenvalue weighted by molar-refractivity contribution is 7.80. The standard InChI is InChI=1S/C17H16ClN3O3S/c1-10(22)20-17(25)21-14-5-3-13(4-6-14)19-9-11-7-12(18)8-15(24-2)16(11)23/h3-9,23H,1-2H3,(H2,20,21,22,25). The van der Waals surface area contributed by atoms with E-state index in [2.05, 4.69) is 15.6 Å². The summed E-state index contributed by atoms with van der Waals surface area (Å²) in [4.78, 5) is 15.2. The van der Waals surface area contributed by atoms with Crippen LogP contribution in [0.3, 0.4) is 0 Å². The van der Waals surface area contributed by atoms with Crippen LogP contribution >= 0.6 is 23.8 Å². The Kier molecular flexibility index (Phi) is 6.32. The van der Waals surface area contributed by atoms with Gasteiger partial charge in [-0.3, -0.25) is 9.79 Å². The van der Waals surface area contributed by atoms with Crippen molar-refractivity contribution in [3.63, 3.8) is 0 Å². The number of halogens is 1. The average Bonchev–Trinajstić information content (AvgIpc) is 2.55. The molecule has 0 unspecified atom stereocenters. The molecular weight excluding hydrogens is 362 g/mol. The van der Waals surface area contributed by atoms with Crippen LogP contribution in [0.4, 0.5) is 11.4 Å². The van der Waals surface area contributed by atoms with Crippen LogP contribution in [0.2, 0.25) is 5.02 Å². The first-order valence-electron chi connectivity index (χ1n) is 7.18. The summed E-state index contributed by atoms with van der Waals surface area (Å²) in [5, 5.41) is 16.1. The van der Waals surface area contributed by atoms with Crippen molar-refractivity contribution in [2.75, 3.05) is 12.4 Å². The van der Waals surface area contributed by atoms with E-state index in [1.165, 1.54) is 26.3 Å². The third kappa shape index (κ3) is 5.44. The van der Waals surface area contributed by atoms with E-state index in [4.69, 9.17) is 28.6 Å². The van der Waals surface area contributed by atoms with Gasteiger partial charge in [-0.1, -0.05) is 11.6 Å². The molecule has 8 heteroatoms. The molecule has 0 radical (unpaired) electrons. The van der Waals surface area contributed by atoms with Crippen LogP contribution in [0.15, 0.2) is 41.4 Å². The van der Waals surface area contributed by atoms with Crippen molar-refractivity contribution in [2.45, 2.75) is 6.92 Å². The predicted molar refractivity (Wildman–Crippen MR) is 103 cm³/mol. The van der Waals surface area contributed by atoms with Crippen LogP contribution in [0.5, 0.6) is 11.5 Å². The second-order valence-corrected chi connectivity index (χ2v) is 5.83. The minimum Gasteiger partial charge on any atom is -0.504 e. The van der Waals surface area contributed by atoms with Crippen LogP contribution in [-0.4, -0.2) is 29.5 Å². The van der Waals surface area contributed by atoms with Gasteiger partial charge in [-0.25, -0.2) is 0 Å². The molecule has 0 fully saturated rings. The number of carbonyl (C=O) groups excluding carboxylic acids is 1. The molecule has 3 N–H and O–H groups in total. The van der Waals surface area contributed by atoms with Crippen LogP contribution in [0, 0.1) is 0 Å². The van der Waals surface area contributed by atoms with E-state index in [0.717, 1.165) is 0 Å². The molecule has 2 aromatic rings. The number of phenols is 1. The summed E-state index contributed by atoms with van der Waals surface area (Å²) in [5.74, 6) is 0.00468. The van der Waals surface area contributed by atoms with E-state index < -0.39 is 0 Å². The molecule has 0 aliphatic carbocycles. The molecule has 2 rings (SSSR count). The summed E-state index contributed by atoms with van der Waals surface area (Å²) < 4.78 is 5.05. The number of aliphatic imine (C=N–C) groups is 1. The molecule has 0 atom stereocenters. The number of rotatable bonds is 4. The molecule has 0 aliphatic heterocycles. The Labute approximate surface area is 155 Å². The third-order valence-electron chi connectivity index (χ3n) is 3.06. The van der Waals surface area contributed by atoms with Gasteiger partial charge in [0, 0.05) is 35.5 Å². The van der Waals surface area contributed by atoms with Gasteiger partial charge in [-0.05, 0) is 42.5 Å². The molecule has 0 bridgehead atoms. The smallest absolute Gasteiger partial charge is 0.222 e. The van der Waals surface area contributed by atoms with Gasteiger partial charge in [0.05, 0.1) is 12.8 Å². The second kappa shape index (κ2) is 8.46. The lowest BCUT2D eigenvalue weighted by Gasteiger charge is -2.08. The van der Waals surface area contributed by atoms with Crippen molar-refractivity contribution in [3.05, 3.63) is 47.0 Å². The molecule has 1 amide bonds. The maximum Gasteiger partial charge on any atom is 0.222 e. The summed E-state index contributed by atoms with van der Waals surface area (Å²) in [7, 11) is 1.45. The lowest BCUT2D eigenvalue weighted by molar-refractivity contribution is -0.117. The zero-order valence-electron chi connectivity index (χ0n) is 13.5. The Hall–Kier alpha value is -2.64. The number of ether oxygens (including phenoxy) is 1.